The fraction of sp³-hybridized carbons (Fsp3) is 0.240. The summed E-state index contributed by atoms with van der Waals surface area (Å²) in [5, 5.41) is 16.3. The normalized spacial score (nSPS) is 19.3. The highest BCUT2D eigenvalue weighted by molar-refractivity contribution is 8.19. The second-order valence-electron chi connectivity index (χ2n) is 7.52. The van der Waals surface area contributed by atoms with Gasteiger partial charge in [0.25, 0.3) is 5.91 Å². The van der Waals surface area contributed by atoms with Gasteiger partial charge in [0.1, 0.15) is 4.91 Å². The Morgan fingerprint density at radius 2 is 1.94 bits per heavy atom. The van der Waals surface area contributed by atoms with Gasteiger partial charge in [0.15, 0.2) is 5.17 Å². The molecule has 2 aliphatic rings. The van der Waals surface area contributed by atoms with Crippen LogP contribution in [0.3, 0.4) is 0 Å². The Morgan fingerprint density at radius 3 is 2.61 bits per heavy atom. The predicted octanol–water partition coefficient (Wildman–Crippen LogP) is 5.85. The number of hydrogen-bond acceptors (Lipinski definition) is 7. The zero-order valence-electron chi connectivity index (χ0n) is 18.8. The third-order valence-corrected chi connectivity index (χ3v) is 7.64. The number of thioether (sulfide) groups is 2. The minimum atomic E-state index is -0.0517. The highest BCUT2D eigenvalue weighted by Crippen LogP contribution is 2.45. The van der Waals surface area contributed by atoms with Crippen LogP contribution in [0.5, 0.6) is 0 Å². The Bertz CT molecular complexity index is 1200. The van der Waals surface area contributed by atoms with Gasteiger partial charge in [-0.2, -0.15) is 5.26 Å². The van der Waals surface area contributed by atoms with E-state index in [0.29, 0.717) is 27.9 Å². The van der Waals surface area contributed by atoms with Crippen LogP contribution in [-0.4, -0.2) is 34.5 Å². The second-order valence-corrected chi connectivity index (χ2v) is 9.36. The number of carbonyl (C=O) groups is 1. The van der Waals surface area contributed by atoms with Crippen molar-refractivity contribution in [1.82, 2.24) is 9.80 Å². The molecular weight excluding hydrogens is 450 g/mol. The van der Waals surface area contributed by atoms with Crippen molar-refractivity contribution in [2.45, 2.75) is 26.8 Å². The van der Waals surface area contributed by atoms with Gasteiger partial charge < -0.3 is 10.2 Å². The van der Waals surface area contributed by atoms with Gasteiger partial charge in [-0.05, 0) is 54.3 Å². The van der Waals surface area contributed by atoms with Crippen molar-refractivity contribution in [3.63, 3.8) is 0 Å². The zero-order valence-corrected chi connectivity index (χ0v) is 20.5. The van der Waals surface area contributed by atoms with Crippen molar-refractivity contribution < 1.29 is 4.79 Å². The summed E-state index contributed by atoms with van der Waals surface area (Å²) in [5.74, 6) is -0.0517. The van der Waals surface area contributed by atoms with Gasteiger partial charge in [-0.15, -0.1) is 0 Å². The van der Waals surface area contributed by atoms with Gasteiger partial charge in [0, 0.05) is 19.3 Å². The molecule has 0 radical (unpaired) electrons. The summed E-state index contributed by atoms with van der Waals surface area (Å²) >= 11 is 2.98. The summed E-state index contributed by atoms with van der Waals surface area (Å²) in [6.07, 6.45) is 0.904. The first kappa shape index (κ1) is 23.0. The first-order valence-electron chi connectivity index (χ1n) is 10.8. The molecule has 168 valence electrons. The lowest BCUT2D eigenvalue weighted by molar-refractivity contribution is -0.122. The number of allylic oxidation sites excluding steroid dienone is 1. The molecule has 8 heteroatoms. The summed E-state index contributed by atoms with van der Waals surface area (Å²) in [4.78, 5) is 23.0. The molecular formula is C25H25N5OS2. The van der Waals surface area contributed by atoms with E-state index >= 15 is 0 Å². The molecule has 0 atom stereocenters. The van der Waals surface area contributed by atoms with E-state index in [2.05, 4.69) is 28.6 Å². The van der Waals surface area contributed by atoms with Gasteiger partial charge in [0.05, 0.1) is 34.6 Å². The van der Waals surface area contributed by atoms with Gasteiger partial charge in [-0.1, -0.05) is 49.0 Å². The molecule has 2 heterocycles. The van der Waals surface area contributed by atoms with E-state index in [9.17, 15) is 10.1 Å². The van der Waals surface area contributed by atoms with Gasteiger partial charge in [0.2, 0.25) is 0 Å². The quantitative estimate of drug-likeness (QED) is 0.528. The van der Waals surface area contributed by atoms with Crippen LogP contribution in [0.2, 0.25) is 0 Å². The molecule has 1 fully saturated rings. The van der Waals surface area contributed by atoms with Crippen molar-refractivity contribution in [2.75, 3.05) is 18.9 Å². The van der Waals surface area contributed by atoms with E-state index in [1.54, 1.807) is 28.8 Å². The average molecular weight is 476 g/mol. The average Bonchev–Trinajstić information content (AvgIpc) is 3.35. The monoisotopic (exact) mass is 475 g/mol. The number of amidine groups is 1. The molecule has 2 aromatic carbocycles. The molecule has 1 amide bonds. The van der Waals surface area contributed by atoms with Crippen LogP contribution in [-0.2, 0) is 11.3 Å². The molecule has 6 nitrogen and oxygen atoms in total. The van der Waals surface area contributed by atoms with Gasteiger partial charge in [-0.25, -0.2) is 4.99 Å². The fourth-order valence-corrected chi connectivity index (χ4v) is 5.92. The maximum atomic E-state index is 13.6. The van der Waals surface area contributed by atoms with E-state index in [-0.39, 0.29) is 5.91 Å². The Labute approximate surface area is 203 Å². The number of anilines is 1. The topological polar surface area (TPSA) is 71.7 Å². The number of carbonyl (C=O) groups excluding carboxylic acids is 1. The number of nitrogens with one attached hydrogen (secondary N) is 1. The molecule has 0 spiro atoms. The third kappa shape index (κ3) is 4.80. The third-order valence-electron chi connectivity index (χ3n) is 5.36. The van der Waals surface area contributed by atoms with E-state index in [1.165, 1.54) is 17.5 Å². The Morgan fingerprint density at radius 1 is 1.15 bits per heavy atom. The van der Waals surface area contributed by atoms with E-state index in [4.69, 9.17) is 4.99 Å². The van der Waals surface area contributed by atoms with Crippen molar-refractivity contribution in [2.24, 2.45) is 4.99 Å². The molecule has 0 unspecified atom stereocenters. The minimum absolute atomic E-state index is 0.0517. The SMILES string of the molecule is CCNc1ccc(C#N)cc1N=C1S/C(=C2\SC=C(CC)N2C)C(=O)N1Cc1ccccc1. The lowest BCUT2D eigenvalue weighted by atomic mass is 10.2. The molecule has 0 saturated carbocycles. The molecule has 2 aliphatic heterocycles. The van der Waals surface area contributed by atoms with Crippen LogP contribution in [0.1, 0.15) is 31.4 Å². The zero-order chi connectivity index (χ0) is 23.4. The lowest BCUT2D eigenvalue weighted by Gasteiger charge is -2.18. The summed E-state index contributed by atoms with van der Waals surface area (Å²) in [6.45, 7) is 5.28. The number of rotatable bonds is 6. The summed E-state index contributed by atoms with van der Waals surface area (Å²) in [7, 11) is 2.00. The molecule has 0 aromatic heterocycles. The number of aliphatic imine (C=N–C) groups is 1. The van der Waals surface area contributed by atoms with Crippen molar-refractivity contribution >= 4 is 46.0 Å². The van der Waals surface area contributed by atoms with Gasteiger partial charge >= 0.3 is 0 Å². The highest BCUT2D eigenvalue weighted by atomic mass is 32.2. The van der Waals surface area contributed by atoms with E-state index in [1.807, 2.05) is 50.4 Å². The second kappa shape index (κ2) is 10.2. The minimum Gasteiger partial charge on any atom is -0.384 e. The van der Waals surface area contributed by atoms with Crippen LogP contribution >= 0.6 is 23.5 Å². The summed E-state index contributed by atoms with van der Waals surface area (Å²) < 4.78 is 0. The molecule has 1 saturated heterocycles. The maximum absolute atomic E-state index is 13.6. The lowest BCUT2D eigenvalue weighted by Crippen LogP contribution is -2.29. The maximum Gasteiger partial charge on any atom is 0.269 e. The largest absolute Gasteiger partial charge is 0.384 e. The number of nitriles is 1. The van der Waals surface area contributed by atoms with Crippen LogP contribution in [0.25, 0.3) is 0 Å². The van der Waals surface area contributed by atoms with Crippen LogP contribution in [0, 0.1) is 11.3 Å². The molecule has 1 N–H and O–H groups in total. The Kier molecular flexibility index (Phi) is 7.11. The molecule has 2 aromatic rings. The van der Waals surface area contributed by atoms with Crippen LogP contribution in [0.4, 0.5) is 11.4 Å². The number of benzene rings is 2. The van der Waals surface area contributed by atoms with E-state index < -0.39 is 0 Å². The first-order chi connectivity index (χ1) is 16.0. The summed E-state index contributed by atoms with van der Waals surface area (Å²) in [6, 6.07) is 17.5. The van der Waals surface area contributed by atoms with Crippen molar-refractivity contribution in [1.29, 1.82) is 5.26 Å². The van der Waals surface area contributed by atoms with Gasteiger partial charge in [-0.3, -0.25) is 9.69 Å². The standard InChI is InChI=1S/C25H25N5OS2/c1-4-19-16-32-24(29(19)3)22-23(31)30(15-17-9-7-6-8-10-17)25(33-22)28-21-13-18(14-26)11-12-20(21)27-5-2/h6-13,16,27H,4-5,15H2,1-3H3/b24-22-,28-25?. The van der Waals surface area contributed by atoms with Crippen LogP contribution in [0.15, 0.2) is 74.6 Å². The van der Waals surface area contributed by atoms with Crippen molar-refractivity contribution in [3.05, 3.63) is 80.7 Å². The first-order valence-corrected chi connectivity index (χ1v) is 12.5. The molecule has 0 aliphatic carbocycles. The predicted molar refractivity (Wildman–Crippen MR) is 138 cm³/mol. The molecule has 4 rings (SSSR count). The number of amides is 1. The van der Waals surface area contributed by atoms with Crippen molar-refractivity contribution in [3.8, 4) is 6.07 Å². The Balaban J connectivity index is 1.78. The Hall–Kier alpha value is -3.15. The highest BCUT2D eigenvalue weighted by Gasteiger charge is 2.38. The molecule has 0 bridgehead atoms. The smallest absolute Gasteiger partial charge is 0.269 e. The van der Waals surface area contributed by atoms with E-state index in [0.717, 1.165) is 29.2 Å². The molecule has 33 heavy (non-hydrogen) atoms. The fourth-order valence-electron chi connectivity index (χ4n) is 3.60. The summed E-state index contributed by atoms with van der Waals surface area (Å²) in [5.41, 5.74) is 4.23. The number of hydrogen-bond donors (Lipinski definition) is 1. The van der Waals surface area contributed by atoms with Crippen LogP contribution < -0.4 is 5.32 Å². The number of nitrogens with zero attached hydrogens (tertiary/aromatic N) is 4.